The molecule has 1 unspecified atom stereocenters. The summed E-state index contributed by atoms with van der Waals surface area (Å²) in [7, 11) is 0. The van der Waals surface area contributed by atoms with Crippen LogP contribution in [0.3, 0.4) is 0 Å². The number of ether oxygens (including phenoxy) is 1. The standard InChI is InChI=1S/C25H41NO3S/c1-4-7-8-9-10-11-12-13-14-15-22(27)26-24-23(25(28)29-6-3)20-17-16-19(5-2)18-21(20)30-24/h19H,4-18H2,1-3H3,(H,26,27). The van der Waals surface area contributed by atoms with Crippen molar-refractivity contribution in [2.75, 3.05) is 11.9 Å². The first kappa shape index (κ1) is 24.9. The number of amides is 1. The van der Waals surface area contributed by atoms with Crippen molar-refractivity contribution in [3.63, 3.8) is 0 Å². The summed E-state index contributed by atoms with van der Waals surface area (Å²) in [6.07, 6.45) is 15.9. The summed E-state index contributed by atoms with van der Waals surface area (Å²) < 4.78 is 5.30. The van der Waals surface area contributed by atoms with Gasteiger partial charge in [0.2, 0.25) is 5.91 Å². The van der Waals surface area contributed by atoms with Crippen LogP contribution in [0.1, 0.15) is 119 Å². The lowest BCUT2D eigenvalue weighted by Gasteiger charge is -2.20. The largest absolute Gasteiger partial charge is 0.462 e. The molecule has 0 saturated heterocycles. The molecular weight excluding hydrogens is 394 g/mol. The number of nitrogens with one attached hydrogen (secondary N) is 1. The zero-order valence-corrected chi connectivity index (χ0v) is 20.1. The highest BCUT2D eigenvalue weighted by atomic mass is 32.1. The maximum atomic E-state index is 12.6. The summed E-state index contributed by atoms with van der Waals surface area (Å²) in [4.78, 5) is 26.4. The van der Waals surface area contributed by atoms with Gasteiger partial charge in [-0.05, 0) is 44.1 Å². The molecule has 0 fully saturated rings. The Morgan fingerprint density at radius 3 is 2.30 bits per heavy atom. The van der Waals surface area contributed by atoms with E-state index in [1.54, 1.807) is 11.3 Å². The fraction of sp³-hybridized carbons (Fsp3) is 0.760. The van der Waals surface area contributed by atoms with Crippen LogP contribution in [0, 0.1) is 5.92 Å². The van der Waals surface area contributed by atoms with Crippen molar-refractivity contribution in [1.82, 2.24) is 0 Å². The summed E-state index contributed by atoms with van der Waals surface area (Å²) in [6, 6.07) is 0. The van der Waals surface area contributed by atoms with Gasteiger partial charge in [0.15, 0.2) is 0 Å². The van der Waals surface area contributed by atoms with E-state index in [2.05, 4.69) is 19.2 Å². The van der Waals surface area contributed by atoms with Gasteiger partial charge in [-0.15, -0.1) is 11.3 Å². The molecule has 30 heavy (non-hydrogen) atoms. The SMILES string of the molecule is CCCCCCCCCCCC(=O)Nc1sc2c(c1C(=O)OCC)CCC(CC)C2. The number of unbranched alkanes of at least 4 members (excludes halogenated alkanes) is 8. The van der Waals surface area contributed by atoms with Crippen LogP contribution in [0.5, 0.6) is 0 Å². The Morgan fingerprint density at radius 1 is 1.00 bits per heavy atom. The number of rotatable bonds is 14. The van der Waals surface area contributed by atoms with Gasteiger partial charge in [0.05, 0.1) is 12.2 Å². The Balaban J connectivity index is 1.84. The van der Waals surface area contributed by atoms with Crippen LogP contribution in [0.15, 0.2) is 0 Å². The predicted octanol–water partition coefficient (Wildman–Crippen LogP) is 7.30. The lowest BCUT2D eigenvalue weighted by molar-refractivity contribution is -0.116. The average Bonchev–Trinajstić information content (AvgIpc) is 3.09. The number of hydrogen-bond donors (Lipinski definition) is 1. The van der Waals surface area contributed by atoms with E-state index in [9.17, 15) is 9.59 Å². The second-order valence-corrected chi connectivity index (χ2v) is 9.68. The van der Waals surface area contributed by atoms with Crippen molar-refractivity contribution in [1.29, 1.82) is 0 Å². The van der Waals surface area contributed by atoms with Gasteiger partial charge in [-0.1, -0.05) is 71.6 Å². The van der Waals surface area contributed by atoms with E-state index in [0.29, 0.717) is 29.5 Å². The van der Waals surface area contributed by atoms with Gasteiger partial charge in [-0.2, -0.15) is 0 Å². The molecule has 1 aromatic rings. The summed E-state index contributed by atoms with van der Waals surface area (Å²) in [5.74, 6) is 0.411. The molecule has 0 radical (unpaired) electrons. The van der Waals surface area contributed by atoms with Gasteiger partial charge in [0, 0.05) is 11.3 Å². The third-order valence-electron chi connectivity index (χ3n) is 6.18. The number of carbonyl (C=O) groups is 2. The first-order chi connectivity index (χ1) is 14.6. The molecule has 170 valence electrons. The van der Waals surface area contributed by atoms with Gasteiger partial charge in [-0.3, -0.25) is 4.79 Å². The Hall–Kier alpha value is -1.36. The molecule has 1 aliphatic carbocycles. The summed E-state index contributed by atoms with van der Waals surface area (Å²) in [5.41, 5.74) is 1.73. The molecule has 1 atom stereocenters. The van der Waals surface area contributed by atoms with Gasteiger partial charge < -0.3 is 10.1 Å². The Kier molecular flexibility index (Phi) is 11.5. The number of thiophene rings is 1. The van der Waals surface area contributed by atoms with E-state index in [4.69, 9.17) is 4.74 Å². The minimum absolute atomic E-state index is 0.0223. The Morgan fingerprint density at radius 2 is 1.67 bits per heavy atom. The number of esters is 1. The van der Waals surface area contributed by atoms with Crippen LogP contribution in [-0.2, 0) is 22.4 Å². The van der Waals surface area contributed by atoms with Crippen LogP contribution in [0.25, 0.3) is 0 Å². The van der Waals surface area contributed by atoms with Crippen LogP contribution >= 0.6 is 11.3 Å². The summed E-state index contributed by atoms with van der Waals surface area (Å²) in [6.45, 7) is 6.65. The number of carbonyl (C=O) groups excluding carboxylic acids is 2. The summed E-state index contributed by atoms with van der Waals surface area (Å²) >= 11 is 1.59. The number of fused-ring (bicyclic) bond motifs is 1. The van der Waals surface area contributed by atoms with Gasteiger partial charge >= 0.3 is 5.97 Å². The third kappa shape index (κ3) is 7.72. The van der Waals surface area contributed by atoms with Crippen LogP contribution in [0.2, 0.25) is 0 Å². The maximum Gasteiger partial charge on any atom is 0.341 e. The predicted molar refractivity (Wildman–Crippen MR) is 127 cm³/mol. The van der Waals surface area contributed by atoms with E-state index in [0.717, 1.165) is 44.1 Å². The zero-order chi connectivity index (χ0) is 21.8. The van der Waals surface area contributed by atoms with E-state index in [1.165, 1.54) is 49.8 Å². The van der Waals surface area contributed by atoms with Crippen LogP contribution in [-0.4, -0.2) is 18.5 Å². The maximum absolute atomic E-state index is 12.6. The minimum Gasteiger partial charge on any atom is -0.462 e. The molecule has 1 aliphatic rings. The molecule has 2 rings (SSSR count). The Labute approximate surface area is 187 Å². The monoisotopic (exact) mass is 435 g/mol. The molecule has 0 aliphatic heterocycles. The van der Waals surface area contributed by atoms with Gasteiger partial charge in [0.1, 0.15) is 5.00 Å². The number of hydrogen-bond acceptors (Lipinski definition) is 4. The van der Waals surface area contributed by atoms with Crippen molar-refractivity contribution < 1.29 is 14.3 Å². The minimum atomic E-state index is -0.289. The highest BCUT2D eigenvalue weighted by Crippen LogP contribution is 2.40. The molecular formula is C25H41NO3S. The molecule has 1 N–H and O–H groups in total. The first-order valence-corrected chi connectivity index (χ1v) is 13.0. The van der Waals surface area contributed by atoms with Crippen molar-refractivity contribution in [2.24, 2.45) is 5.92 Å². The highest BCUT2D eigenvalue weighted by Gasteiger charge is 2.29. The van der Waals surface area contributed by atoms with E-state index >= 15 is 0 Å². The van der Waals surface area contributed by atoms with Crippen molar-refractivity contribution in [3.05, 3.63) is 16.0 Å². The highest BCUT2D eigenvalue weighted by molar-refractivity contribution is 7.17. The quantitative estimate of drug-likeness (QED) is 0.246. The molecule has 0 bridgehead atoms. The first-order valence-electron chi connectivity index (χ1n) is 12.2. The molecule has 1 heterocycles. The van der Waals surface area contributed by atoms with E-state index < -0.39 is 0 Å². The topological polar surface area (TPSA) is 55.4 Å². The van der Waals surface area contributed by atoms with Crippen molar-refractivity contribution in [3.8, 4) is 0 Å². The smallest absolute Gasteiger partial charge is 0.341 e. The lowest BCUT2D eigenvalue weighted by Crippen LogP contribution is -2.17. The Bertz CT molecular complexity index is 668. The normalized spacial score (nSPS) is 15.6. The van der Waals surface area contributed by atoms with E-state index in [-0.39, 0.29) is 11.9 Å². The van der Waals surface area contributed by atoms with Crippen LogP contribution < -0.4 is 5.32 Å². The molecule has 1 amide bonds. The number of anilines is 1. The van der Waals surface area contributed by atoms with Crippen molar-refractivity contribution >= 4 is 28.2 Å². The summed E-state index contributed by atoms with van der Waals surface area (Å²) in [5, 5.41) is 3.75. The molecule has 4 nitrogen and oxygen atoms in total. The van der Waals surface area contributed by atoms with Crippen LogP contribution in [0.4, 0.5) is 5.00 Å². The molecule has 0 aromatic carbocycles. The average molecular weight is 436 g/mol. The molecule has 0 saturated carbocycles. The van der Waals surface area contributed by atoms with Crippen molar-refractivity contribution in [2.45, 2.75) is 111 Å². The second kappa shape index (κ2) is 13.8. The van der Waals surface area contributed by atoms with Gasteiger partial charge in [-0.25, -0.2) is 4.79 Å². The second-order valence-electron chi connectivity index (χ2n) is 8.57. The fourth-order valence-corrected chi connectivity index (χ4v) is 5.66. The lowest BCUT2D eigenvalue weighted by atomic mass is 9.85. The zero-order valence-electron chi connectivity index (χ0n) is 19.3. The molecule has 5 heteroatoms. The molecule has 1 aromatic heterocycles. The fourth-order valence-electron chi connectivity index (χ4n) is 4.30. The van der Waals surface area contributed by atoms with E-state index in [1.807, 2.05) is 6.92 Å². The third-order valence-corrected chi connectivity index (χ3v) is 7.35. The molecule has 0 spiro atoms. The van der Waals surface area contributed by atoms with Gasteiger partial charge in [0.25, 0.3) is 0 Å².